The zero-order valence-electron chi connectivity index (χ0n) is 10.2. The summed E-state index contributed by atoms with van der Waals surface area (Å²) in [4.78, 5) is 13.6. The summed E-state index contributed by atoms with van der Waals surface area (Å²) in [6.45, 7) is 2.76. The summed E-state index contributed by atoms with van der Waals surface area (Å²) in [6.07, 6.45) is 3.69. The molecule has 3 rings (SSSR count). The van der Waals surface area contributed by atoms with Crippen molar-refractivity contribution in [1.82, 2.24) is 9.78 Å². The first-order valence-electron chi connectivity index (χ1n) is 6.11. The molecule has 2 unspecified atom stereocenters. The summed E-state index contributed by atoms with van der Waals surface area (Å²) in [7, 11) is 1.83. The number of aromatic carboxylic acids is 1. The quantitative estimate of drug-likeness (QED) is 0.842. The van der Waals surface area contributed by atoms with E-state index in [1.54, 1.807) is 11.6 Å². The van der Waals surface area contributed by atoms with Gasteiger partial charge in [-0.05, 0) is 32.1 Å². The van der Waals surface area contributed by atoms with Gasteiger partial charge in [0.15, 0.2) is 0 Å². The van der Waals surface area contributed by atoms with Gasteiger partial charge in [-0.3, -0.25) is 4.68 Å². The van der Waals surface area contributed by atoms with Crippen molar-refractivity contribution < 1.29 is 9.90 Å². The van der Waals surface area contributed by atoms with E-state index in [2.05, 4.69) is 10.00 Å². The Bertz CT molecular complexity index is 480. The van der Waals surface area contributed by atoms with Crippen LogP contribution in [0.25, 0.3) is 0 Å². The fourth-order valence-electron chi connectivity index (χ4n) is 3.41. The molecule has 2 heterocycles. The molecule has 0 aromatic carbocycles. The molecule has 2 bridgehead atoms. The number of fused-ring (bicyclic) bond motifs is 2. The molecule has 1 saturated heterocycles. The van der Waals surface area contributed by atoms with Crippen molar-refractivity contribution in [1.29, 1.82) is 0 Å². The maximum atomic E-state index is 11.3. The highest BCUT2D eigenvalue weighted by Gasteiger charge is 2.40. The Balaban J connectivity index is 2.05. The predicted octanol–water partition coefficient (Wildman–Crippen LogP) is 1.42. The molecule has 92 valence electrons. The number of carboxylic acid groups (broad SMARTS) is 1. The van der Waals surface area contributed by atoms with Crippen LogP contribution >= 0.6 is 0 Å². The van der Waals surface area contributed by atoms with Crippen molar-refractivity contribution in [2.24, 2.45) is 13.0 Å². The minimum absolute atomic E-state index is 0.375. The lowest BCUT2D eigenvalue weighted by atomic mass is 10.1. The maximum absolute atomic E-state index is 11.3. The number of aryl methyl sites for hydroxylation is 2. The van der Waals surface area contributed by atoms with Gasteiger partial charge in [-0.15, -0.1) is 0 Å². The van der Waals surface area contributed by atoms with Crippen LogP contribution in [0, 0.1) is 12.8 Å². The summed E-state index contributed by atoms with van der Waals surface area (Å²) in [5.41, 5.74) is 0.984. The Morgan fingerprint density at radius 1 is 1.47 bits per heavy atom. The summed E-state index contributed by atoms with van der Waals surface area (Å²) in [5, 5.41) is 13.6. The third-order valence-electron chi connectivity index (χ3n) is 4.09. The van der Waals surface area contributed by atoms with Gasteiger partial charge in [0.05, 0.1) is 5.69 Å². The van der Waals surface area contributed by atoms with E-state index in [4.69, 9.17) is 0 Å². The standard InChI is InChI=1S/C12H17N3O2/c1-7-10(12(16)17)11(14(2)13-7)15-6-8-3-4-9(15)5-8/h8-9H,3-6H2,1-2H3,(H,16,17). The highest BCUT2D eigenvalue weighted by atomic mass is 16.4. The number of piperidine rings is 1. The van der Waals surface area contributed by atoms with Gasteiger partial charge >= 0.3 is 5.97 Å². The lowest BCUT2D eigenvalue weighted by Crippen LogP contribution is -2.34. The van der Waals surface area contributed by atoms with E-state index in [1.165, 1.54) is 19.3 Å². The molecule has 1 N–H and O–H groups in total. The predicted molar refractivity (Wildman–Crippen MR) is 63.4 cm³/mol. The normalized spacial score (nSPS) is 26.8. The number of nitrogens with zero attached hydrogens (tertiary/aromatic N) is 3. The average molecular weight is 235 g/mol. The number of hydrogen-bond donors (Lipinski definition) is 1. The number of carbonyl (C=O) groups is 1. The number of rotatable bonds is 2. The molecule has 1 aromatic heterocycles. The molecule has 2 aliphatic rings. The van der Waals surface area contributed by atoms with Crippen LogP contribution in [-0.2, 0) is 7.05 Å². The first-order valence-corrected chi connectivity index (χ1v) is 6.11. The second-order valence-corrected chi connectivity index (χ2v) is 5.20. The fourth-order valence-corrected chi connectivity index (χ4v) is 3.41. The SMILES string of the molecule is Cc1nn(C)c(N2CC3CCC2C3)c1C(=O)O. The van der Waals surface area contributed by atoms with Crippen molar-refractivity contribution in [2.45, 2.75) is 32.2 Å². The summed E-state index contributed by atoms with van der Waals surface area (Å²) >= 11 is 0. The molecule has 1 aliphatic heterocycles. The molecule has 1 saturated carbocycles. The first-order chi connectivity index (χ1) is 8.08. The van der Waals surface area contributed by atoms with Gasteiger partial charge in [-0.1, -0.05) is 0 Å². The summed E-state index contributed by atoms with van der Waals surface area (Å²) in [5.74, 6) is 0.674. The molecule has 0 spiro atoms. The number of aromatic nitrogens is 2. The largest absolute Gasteiger partial charge is 0.477 e. The Labute approximate surface area is 100 Å². The smallest absolute Gasteiger partial charge is 0.341 e. The second-order valence-electron chi connectivity index (χ2n) is 5.20. The van der Waals surface area contributed by atoms with E-state index in [0.717, 1.165) is 18.3 Å². The number of anilines is 1. The third-order valence-corrected chi connectivity index (χ3v) is 4.09. The van der Waals surface area contributed by atoms with Gasteiger partial charge in [-0.2, -0.15) is 5.10 Å². The van der Waals surface area contributed by atoms with Crippen LogP contribution in [0.3, 0.4) is 0 Å². The Morgan fingerprint density at radius 3 is 2.76 bits per heavy atom. The van der Waals surface area contributed by atoms with Crippen LogP contribution in [0.2, 0.25) is 0 Å². The number of carboxylic acids is 1. The van der Waals surface area contributed by atoms with E-state index < -0.39 is 5.97 Å². The third kappa shape index (κ3) is 1.45. The van der Waals surface area contributed by atoms with Crippen molar-refractivity contribution in [3.63, 3.8) is 0 Å². The number of hydrogen-bond acceptors (Lipinski definition) is 3. The molecule has 17 heavy (non-hydrogen) atoms. The van der Waals surface area contributed by atoms with Crippen molar-refractivity contribution in [2.75, 3.05) is 11.4 Å². The molecule has 5 nitrogen and oxygen atoms in total. The van der Waals surface area contributed by atoms with Crippen LogP contribution in [0.1, 0.15) is 35.3 Å². The summed E-state index contributed by atoms with van der Waals surface area (Å²) in [6, 6.07) is 0.521. The van der Waals surface area contributed by atoms with Crippen LogP contribution in [0.4, 0.5) is 5.82 Å². The molecule has 0 radical (unpaired) electrons. The van der Waals surface area contributed by atoms with Gasteiger partial charge in [0.25, 0.3) is 0 Å². The molecule has 2 fully saturated rings. The Morgan fingerprint density at radius 2 is 2.24 bits per heavy atom. The zero-order valence-corrected chi connectivity index (χ0v) is 10.2. The lowest BCUT2D eigenvalue weighted by Gasteiger charge is -2.29. The molecule has 1 aromatic rings. The van der Waals surface area contributed by atoms with Crippen LogP contribution < -0.4 is 4.90 Å². The van der Waals surface area contributed by atoms with Crippen LogP contribution in [0.15, 0.2) is 0 Å². The first kappa shape index (κ1) is 10.6. The van der Waals surface area contributed by atoms with Gasteiger partial charge in [0.2, 0.25) is 0 Å². The van der Waals surface area contributed by atoms with E-state index in [9.17, 15) is 9.90 Å². The fraction of sp³-hybridized carbons (Fsp3) is 0.667. The van der Waals surface area contributed by atoms with E-state index in [0.29, 0.717) is 17.3 Å². The zero-order chi connectivity index (χ0) is 12.2. The van der Waals surface area contributed by atoms with Crippen LogP contribution in [-0.4, -0.2) is 33.4 Å². The highest BCUT2D eigenvalue weighted by molar-refractivity contribution is 5.95. The summed E-state index contributed by atoms with van der Waals surface area (Å²) < 4.78 is 1.72. The molecule has 1 aliphatic carbocycles. The second kappa shape index (κ2) is 3.48. The molecule has 0 amide bonds. The molecule has 5 heteroatoms. The van der Waals surface area contributed by atoms with Crippen molar-refractivity contribution >= 4 is 11.8 Å². The molecule has 2 atom stereocenters. The van der Waals surface area contributed by atoms with Gasteiger partial charge in [0.1, 0.15) is 11.4 Å². The highest BCUT2D eigenvalue weighted by Crippen LogP contribution is 2.41. The topological polar surface area (TPSA) is 58.4 Å². The Kier molecular flexibility index (Phi) is 2.18. The van der Waals surface area contributed by atoms with Gasteiger partial charge in [0, 0.05) is 19.6 Å². The van der Waals surface area contributed by atoms with Gasteiger partial charge in [-0.25, -0.2) is 4.79 Å². The minimum atomic E-state index is -0.867. The van der Waals surface area contributed by atoms with E-state index in [1.807, 2.05) is 7.05 Å². The minimum Gasteiger partial charge on any atom is -0.477 e. The Hall–Kier alpha value is -1.52. The van der Waals surface area contributed by atoms with Gasteiger partial charge < -0.3 is 10.0 Å². The maximum Gasteiger partial charge on any atom is 0.341 e. The monoisotopic (exact) mass is 235 g/mol. The van der Waals surface area contributed by atoms with E-state index in [-0.39, 0.29) is 0 Å². The van der Waals surface area contributed by atoms with Crippen molar-refractivity contribution in [3.05, 3.63) is 11.3 Å². The van der Waals surface area contributed by atoms with Crippen LogP contribution in [0.5, 0.6) is 0 Å². The average Bonchev–Trinajstić information content (AvgIpc) is 2.90. The molecular formula is C12H17N3O2. The van der Waals surface area contributed by atoms with E-state index >= 15 is 0 Å². The van der Waals surface area contributed by atoms with Crippen molar-refractivity contribution in [3.8, 4) is 0 Å². The lowest BCUT2D eigenvalue weighted by molar-refractivity contribution is 0.0696. The molecular weight excluding hydrogens is 218 g/mol.